The van der Waals surface area contributed by atoms with Gasteiger partial charge in [-0.1, -0.05) is 11.6 Å². The molecule has 30 heavy (non-hydrogen) atoms. The molecule has 0 saturated heterocycles. The van der Waals surface area contributed by atoms with Crippen LogP contribution in [0.15, 0.2) is 47.7 Å². The molecule has 4 heterocycles. The van der Waals surface area contributed by atoms with E-state index in [-0.39, 0.29) is 16.4 Å². The van der Waals surface area contributed by atoms with Crippen LogP contribution in [0.3, 0.4) is 0 Å². The van der Waals surface area contributed by atoms with Gasteiger partial charge in [0.2, 0.25) is 5.95 Å². The third-order valence-corrected chi connectivity index (χ3v) is 4.79. The van der Waals surface area contributed by atoms with Gasteiger partial charge in [0, 0.05) is 37.4 Å². The molecule has 0 atom stereocenters. The fourth-order valence-corrected chi connectivity index (χ4v) is 3.04. The van der Waals surface area contributed by atoms with E-state index in [2.05, 4.69) is 25.3 Å². The summed E-state index contributed by atoms with van der Waals surface area (Å²) in [4.78, 5) is 29.8. The number of nitrogens with one attached hydrogen (secondary N) is 1. The van der Waals surface area contributed by atoms with Crippen molar-refractivity contribution in [3.63, 3.8) is 0 Å². The predicted octanol–water partition coefficient (Wildman–Crippen LogP) is 3.25. The highest BCUT2D eigenvalue weighted by Crippen LogP contribution is 2.32. The molecule has 3 N–H and O–H groups in total. The smallest absolute Gasteiger partial charge is 0.264 e. The minimum atomic E-state index is -0.197. The van der Waals surface area contributed by atoms with Crippen molar-refractivity contribution in [2.45, 2.75) is 6.92 Å². The first-order valence-electron chi connectivity index (χ1n) is 9.13. The van der Waals surface area contributed by atoms with Gasteiger partial charge in [0.15, 0.2) is 11.4 Å². The van der Waals surface area contributed by atoms with Crippen molar-refractivity contribution in [2.24, 2.45) is 7.05 Å². The fourth-order valence-electron chi connectivity index (χ4n) is 2.89. The molecule has 0 aliphatic heterocycles. The summed E-state index contributed by atoms with van der Waals surface area (Å²) >= 11 is 6.12. The molecule has 0 saturated carbocycles. The van der Waals surface area contributed by atoms with Crippen LogP contribution in [0.25, 0.3) is 22.3 Å². The first-order valence-corrected chi connectivity index (χ1v) is 9.50. The van der Waals surface area contributed by atoms with E-state index >= 15 is 0 Å². The van der Waals surface area contributed by atoms with E-state index in [1.165, 1.54) is 23.2 Å². The monoisotopic (exact) mass is 423 g/mol. The molecule has 0 aromatic carbocycles. The zero-order valence-corrected chi connectivity index (χ0v) is 17.0. The minimum Gasteiger partial charge on any atom is -0.454 e. The average Bonchev–Trinajstić information content (AvgIpc) is 2.75. The summed E-state index contributed by atoms with van der Waals surface area (Å²) in [6.45, 7) is 2.60. The van der Waals surface area contributed by atoms with Crippen LogP contribution in [0.1, 0.15) is 6.92 Å². The number of aromatic nitrogens is 5. The number of halogens is 1. The summed E-state index contributed by atoms with van der Waals surface area (Å²) in [6.07, 6.45) is 4.55. The number of ether oxygens (including phenoxy) is 1. The Morgan fingerprint density at radius 3 is 2.83 bits per heavy atom. The highest BCUT2D eigenvalue weighted by molar-refractivity contribution is 6.34. The maximum atomic E-state index is 12.7. The molecule has 0 bridgehead atoms. The number of nitrogens with two attached hydrogens (primary N) is 1. The molecule has 4 rings (SSSR count). The molecule has 9 nitrogen and oxygen atoms in total. The van der Waals surface area contributed by atoms with Gasteiger partial charge < -0.3 is 15.8 Å². The molecule has 4 aromatic heterocycles. The van der Waals surface area contributed by atoms with Crippen LogP contribution < -0.4 is 21.3 Å². The van der Waals surface area contributed by atoms with Gasteiger partial charge in [0.25, 0.3) is 5.56 Å². The molecule has 152 valence electrons. The van der Waals surface area contributed by atoms with Gasteiger partial charge >= 0.3 is 0 Å². The van der Waals surface area contributed by atoms with Gasteiger partial charge in [0.05, 0.1) is 17.5 Å². The molecule has 0 fully saturated rings. The van der Waals surface area contributed by atoms with Crippen LogP contribution in [0.4, 0.5) is 11.8 Å². The second kappa shape index (κ2) is 7.96. The Labute approximate surface area is 176 Å². The number of fused-ring (bicyclic) bond motifs is 1. The fraction of sp³-hybridized carbons (Fsp3) is 0.150. The highest BCUT2D eigenvalue weighted by Gasteiger charge is 2.12. The number of nitrogens with zero attached hydrogens (tertiary/aromatic N) is 5. The van der Waals surface area contributed by atoms with E-state index in [1.54, 1.807) is 25.2 Å². The molecule has 0 aliphatic rings. The molecule has 0 radical (unpaired) electrons. The normalized spacial score (nSPS) is 10.9. The summed E-state index contributed by atoms with van der Waals surface area (Å²) in [5, 5.41) is 4.01. The Morgan fingerprint density at radius 1 is 1.20 bits per heavy atom. The van der Waals surface area contributed by atoms with Gasteiger partial charge in [-0.15, -0.1) is 0 Å². The van der Waals surface area contributed by atoms with E-state index < -0.39 is 0 Å². The van der Waals surface area contributed by atoms with E-state index in [1.807, 2.05) is 13.0 Å². The molecule has 0 spiro atoms. The molecular weight excluding hydrogens is 406 g/mol. The second-order valence-electron chi connectivity index (χ2n) is 6.41. The summed E-state index contributed by atoms with van der Waals surface area (Å²) in [6, 6.07) is 6.95. The van der Waals surface area contributed by atoms with Crippen molar-refractivity contribution in [1.29, 1.82) is 0 Å². The van der Waals surface area contributed by atoms with Gasteiger partial charge in [-0.05, 0) is 25.1 Å². The topological polar surface area (TPSA) is 121 Å². The maximum Gasteiger partial charge on any atom is 0.264 e. The predicted molar refractivity (Wildman–Crippen MR) is 116 cm³/mol. The van der Waals surface area contributed by atoms with Crippen molar-refractivity contribution < 1.29 is 4.74 Å². The van der Waals surface area contributed by atoms with Crippen molar-refractivity contribution in [1.82, 2.24) is 24.5 Å². The van der Waals surface area contributed by atoms with Crippen LogP contribution in [0.5, 0.6) is 11.5 Å². The van der Waals surface area contributed by atoms with Crippen LogP contribution in [0, 0.1) is 0 Å². The molecule has 4 aromatic rings. The summed E-state index contributed by atoms with van der Waals surface area (Å²) in [5.74, 6) is 1.54. The third-order valence-electron chi connectivity index (χ3n) is 4.41. The van der Waals surface area contributed by atoms with Crippen molar-refractivity contribution in [2.75, 3.05) is 17.6 Å². The van der Waals surface area contributed by atoms with E-state index in [9.17, 15) is 4.79 Å². The maximum absolute atomic E-state index is 12.7. The van der Waals surface area contributed by atoms with Gasteiger partial charge in [0.1, 0.15) is 16.6 Å². The second-order valence-corrected chi connectivity index (χ2v) is 6.79. The van der Waals surface area contributed by atoms with Crippen molar-refractivity contribution in [3.05, 3.63) is 58.2 Å². The van der Waals surface area contributed by atoms with E-state index in [0.717, 1.165) is 5.39 Å². The number of rotatable bonds is 5. The van der Waals surface area contributed by atoms with Crippen LogP contribution in [-0.2, 0) is 7.05 Å². The summed E-state index contributed by atoms with van der Waals surface area (Å²) < 4.78 is 7.23. The zero-order valence-electron chi connectivity index (χ0n) is 16.3. The lowest BCUT2D eigenvalue weighted by Gasteiger charge is -2.10. The summed E-state index contributed by atoms with van der Waals surface area (Å²) in [7, 11) is 1.66. The van der Waals surface area contributed by atoms with Crippen molar-refractivity contribution >= 4 is 34.4 Å². The first-order chi connectivity index (χ1) is 14.5. The van der Waals surface area contributed by atoms with Crippen LogP contribution >= 0.6 is 11.6 Å². The van der Waals surface area contributed by atoms with Crippen LogP contribution in [-0.4, -0.2) is 31.0 Å². The molecule has 0 amide bonds. The SMILES string of the molecule is CCNc1ncc(-c2ccc3cc(Oc4ccnc(N)c4Cl)cnc3n2)c(=O)n1C. The lowest BCUT2D eigenvalue weighted by atomic mass is 10.2. The quantitative estimate of drug-likeness (QED) is 0.501. The number of anilines is 2. The summed E-state index contributed by atoms with van der Waals surface area (Å²) in [5.41, 5.74) is 6.86. The Balaban J connectivity index is 1.68. The molecular formula is C20H18ClN7O2. The van der Waals surface area contributed by atoms with Gasteiger partial charge in [-0.3, -0.25) is 9.36 Å². The van der Waals surface area contributed by atoms with E-state index in [4.69, 9.17) is 22.1 Å². The number of nitrogen functional groups attached to an aromatic ring is 1. The Bertz CT molecular complexity index is 1310. The zero-order chi connectivity index (χ0) is 21.3. The highest BCUT2D eigenvalue weighted by atomic mass is 35.5. The third kappa shape index (κ3) is 3.62. The number of hydrogen-bond donors (Lipinski definition) is 2. The Kier molecular flexibility index (Phi) is 5.20. The average molecular weight is 424 g/mol. The first kappa shape index (κ1) is 19.6. The molecule has 0 aliphatic carbocycles. The van der Waals surface area contributed by atoms with Crippen LogP contribution in [0.2, 0.25) is 5.02 Å². The molecule has 0 unspecified atom stereocenters. The Hall–Kier alpha value is -3.72. The minimum absolute atomic E-state index is 0.185. The molecule has 10 heteroatoms. The largest absolute Gasteiger partial charge is 0.454 e. The van der Waals surface area contributed by atoms with Crippen molar-refractivity contribution in [3.8, 4) is 22.8 Å². The lowest BCUT2D eigenvalue weighted by Crippen LogP contribution is -2.23. The lowest BCUT2D eigenvalue weighted by molar-refractivity contribution is 0.481. The standard InChI is InChI=1S/C20H18ClN7O2/c1-3-23-20-26-10-13(19(29)28(20)2)14-5-4-11-8-12(9-25-18(11)27-14)30-15-6-7-24-17(22)16(15)21/h4-10H,3H2,1-2H3,(H2,22,24)(H,23,26). The Morgan fingerprint density at radius 2 is 2.03 bits per heavy atom. The van der Waals surface area contributed by atoms with Gasteiger partial charge in [-0.25, -0.2) is 19.9 Å². The van der Waals surface area contributed by atoms with E-state index in [0.29, 0.717) is 40.9 Å². The number of pyridine rings is 3. The number of hydrogen-bond acceptors (Lipinski definition) is 8. The van der Waals surface area contributed by atoms with Gasteiger partial charge in [-0.2, -0.15) is 0 Å².